The summed E-state index contributed by atoms with van der Waals surface area (Å²) in [6, 6.07) is 8.32. The van der Waals surface area contributed by atoms with Crippen molar-refractivity contribution >= 4 is 23.4 Å². The maximum absolute atomic E-state index is 12.7. The highest BCUT2D eigenvalue weighted by molar-refractivity contribution is 5.94. The van der Waals surface area contributed by atoms with Crippen molar-refractivity contribution in [1.29, 1.82) is 0 Å². The van der Waals surface area contributed by atoms with Crippen molar-refractivity contribution in [2.75, 3.05) is 23.3 Å². The predicted molar refractivity (Wildman–Crippen MR) is 96.2 cm³/mol. The zero-order valence-corrected chi connectivity index (χ0v) is 14.1. The fourth-order valence-corrected chi connectivity index (χ4v) is 3.12. The Bertz CT molecular complexity index is 864. The molecule has 8 nitrogen and oxygen atoms in total. The van der Waals surface area contributed by atoms with Crippen LogP contribution in [0.2, 0.25) is 0 Å². The van der Waals surface area contributed by atoms with Crippen LogP contribution in [-0.2, 0) is 16.0 Å². The second-order valence-corrected chi connectivity index (χ2v) is 6.27. The molecule has 3 N–H and O–H groups in total. The van der Waals surface area contributed by atoms with Gasteiger partial charge < -0.3 is 20.3 Å². The topological polar surface area (TPSA) is 115 Å². The number of aromatic nitrogens is 2. The maximum Gasteiger partial charge on any atom is 0.307 e. The Hall–Kier alpha value is -3.16. The highest BCUT2D eigenvalue weighted by Crippen LogP contribution is 2.23. The molecule has 136 valence electrons. The third-order valence-electron chi connectivity index (χ3n) is 4.40. The second-order valence-electron chi connectivity index (χ2n) is 6.27. The molecule has 0 aliphatic carbocycles. The van der Waals surface area contributed by atoms with Crippen molar-refractivity contribution in [2.45, 2.75) is 19.3 Å². The lowest BCUT2D eigenvalue weighted by molar-refractivity contribution is -0.136. The van der Waals surface area contributed by atoms with Crippen LogP contribution in [-0.4, -0.2) is 40.0 Å². The minimum Gasteiger partial charge on any atom is -0.481 e. The van der Waals surface area contributed by atoms with Gasteiger partial charge in [-0.15, -0.1) is 0 Å². The Morgan fingerprint density at radius 2 is 2.15 bits per heavy atom. The largest absolute Gasteiger partial charge is 0.481 e. The Labute approximate surface area is 149 Å². The van der Waals surface area contributed by atoms with E-state index in [-0.39, 0.29) is 23.8 Å². The molecule has 2 heterocycles. The number of nitrogens with one attached hydrogen (secondary N) is 2. The van der Waals surface area contributed by atoms with Gasteiger partial charge in [0.05, 0.1) is 18.7 Å². The van der Waals surface area contributed by atoms with E-state index in [4.69, 9.17) is 5.11 Å². The number of aliphatic carboxylic acids is 1. The molecule has 1 aliphatic heterocycles. The van der Waals surface area contributed by atoms with Gasteiger partial charge in [0.1, 0.15) is 5.82 Å². The predicted octanol–water partition coefficient (Wildman–Crippen LogP) is 1.25. The van der Waals surface area contributed by atoms with Gasteiger partial charge >= 0.3 is 5.97 Å². The molecule has 1 saturated heterocycles. The third kappa shape index (κ3) is 4.27. The lowest BCUT2D eigenvalue weighted by atomic mass is 9.96. The monoisotopic (exact) mass is 356 g/mol. The summed E-state index contributed by atoms with van der Waals surface area (Å²) in [7, 11) is 0. The van der Waals surface area contributed by atoms with Crippen LogP contribution >= 0.6 is 0 Å². The van der Waals surface area contributed by atoms with Crippen LogP contribution in [0.3, 0.4) is 0 Å². The molecule has 1 aliphatic rings. The number of carbonyl (C=O) groups excluding carboxylic acids is 1. The first kappa shape index (κ1) is 17.7. The third-order valence-corrected chi connectivity index (χ3v) is 4.40. The molecule has 2 aromatic rings. The number of rotatable bonds is 5. The number of anilines is 2. The number of hydrogen-bond donors (Lipinski definition) is 3. The first-order chi connectivity index (χ1) is 12.5. The summed E-state index contributed by atoms with van der Waals surface area (Å²) in [4.78, 5) is 43.7. The van der Waals surface area contributed by atoms with Gasteiger partial charge in [-0.1, -0.05) is 18.2 Å². The number of carbonyl (C=O) groups is 2. The maximum atomic E-state index is 12.7. The lowest BCUT2D eigenvalue weighted by Gasteiger charge is -2.32. The van der Waals surface area contributed by atoms with Gasteiger partial charge in [0, 0.05) is 24.8 Å². The minimum atomic E-state index is -0.948. The SMILES string of the molecule is O=C(O)Cc1ccccc1NC(=O)C1CCCN(c2cc(=O)[nH]cn2)C1. The summed E-state index contributed by atoms with van der Waals surface area (Å²) >= 11 is 0. The van der Waals surface area contributed by atoms with E-state index >= 15 is 0 Å². The van der Waals surface area contributed by atoms with Crippen LogP contribution in [0.25, 0.3) is 0 Å². The van der Waals surface area contributed by atoms with Crippen molar-refractivity contribution in [3.8, 4) is 0 Å². The van der Waals surface area contributed by atoms with Crippen molar-refractivity contribution in [2.24, 2.45) is 5.92 Å². The highest BCUT2D eigenvalue weighted by Gasteiger charge is 2.27. The lowest BCUT2D eigenvalue weighted by Crippen LogP contribution is -2.41. The van der Waals surface area contributed by atoms with Crippen molar-refractivity contribution in [3.05, 3.63) is 52.6 Å². The molecule has 26 heavy (non-hydrogen) atoms. The van der Waals surface area contributed by atoms with E-state index in [2.05, 4.69) is 15.3 Å². The Morgan fingerprint density at radius 3 is 2.92 bits per heavy atom. The Balaban J connectivity index is 1.70. The number of piperidine rings is 1. The first-order valence-electron chi connectivity index (χ1n) is 8.43. The average Bonchev–Trinajstić information content (AvgIpc) is 2.63. The summed E-state index contributed by atoms with van der Waals surface area (Å²) in [6.07, 6.45) is 2.74. The molecule has 1 unspecified atom stereocenters. The summed E-state index contributed by atoms with van der Waals surface area (Å²) < 4.78 is 0. The molecule has 0 bridgehead atoms. The molecule has 1 atom stereocenters. The number of amides is 1. The quantitative estimate of drug-likeness (QED) is 0.743. The van der Waals surface area contributed by atoms with E-state index in [0.717, 1.165) is 19.4 Å². The molecule has 0 saturated carbocycles. The van der Waals surface area contributed by atoms with Gasteiger partial charge in [-0.05, 0) is 24.5 Å². The Morgan fingerprint density at radius 1 is 1.35 bits per heavy atom. The van der Waals surface area contributed by atoms with Gasteiger partial charge in [0.15, 0.2) is 0 Å². The summed E-state index contributed by atoms with van der Waals surface area (Å²) in [5, 5.41) is 11.9. The van der Waals surface area contributed by atoms with E-state index in [0.29, 0.717) is 23.6 Å². The second kappa shape index (κ2) is 7.81. The number of para-hydroxylation sites is 1. The molecule has 1 aromatic carbocycles. The standard InChI is InChI=1S/C18H20N4O4/c23-16-9-15(19-11-20-16)22-7-3-5-13(10-22)18(26)21-14-6-2-1-4-12(14)8-17(24)25/h1-2,4,6,9,11,13H,3,5,7-8,10H2,(H,21,26)(H,24,25)(H,19,20,23). The zero-order valence-electron chi connectivity index (χ0n) is 14.1. The Kier molecular flexibility index (Phi) is 5.31. The summed E-state index contributed by atoms with van der Waals surface area (Å²) in [5.41, 5.74) is 0.854. The molecule has 1 amide bonds. The normalized spacial score (nSPS) is 16.9. The first-order valence-corrected chi connectivity index (χ1v) is 8.43. The van der Waals surface area contributed by atoms with Crippen LogP contribution in [0.4, 0.5) is 11.5 Å². The van der Waals surface area contributed by atoms with Crippen molar-refractivity contribution in [1.82, 2.24) is 9.97 Å². The molecule has 3 rings (SSSR count). The fourth-order valence-electron chi connectivity index (χ4n) is 3.12. The molecular formula is C18H20N4O4. The average molecular weight is 356 g/mol. The van der Waals surface area contributed by atoms with Gasteiger partial charge in [0.2, 0.25) is 5.91 Å². The van der Waals surface area contributed by atoms with Gasteiger partial charge in [0.25, 0.3) is 5.56 Å². The summed E-state index contributed by atoms with van der Waals surface area (Å²) in [5.74, 6) is -0.812. The van der Waals surface area contributed by atoms with E-state index in [1.165, 1.54) is 12.4 Å². The number of aromatic amines is 1. The summed E-state index contributed by atoms with van der Waals surface area (Å²) in [6.45, 7) is 1.19. The fraction of sp³-hybridized carbons (Fsp3) is 0.333. The molecule has 0 spiro atoms. The number of H-pyrrole nitrogens is 1. The number of benzene rings is 1. The van der Waals surface area contributed by atoms with E-state index in [1.807, 2.05) is 4.90 Å². The zero-order chi connectivity index (χ0) is 18.5. The van der Waals surface area contributed by atoms with Gasteiger partial charge in [-0.25, -0.2) is 4.98 Å². The molecule has 1 fully saturated rings. The van der Waals surface area contributed by atoms with Crippen LogP contribution in [0.15, 0.2) is 41.5 Å². The molecule has 0 radical (unpaired) electrons. The van der Waals surface area contributed by atoms with Crippen molar-refractivity contribution < 1.29 is 14.7 Å². The minimum absolute atomic E-state index is 0.149. The van der Waals surface area contributed by atoms with Crippen LogP contribution in [0.1, 0.15) is 18.4 Å². The van der Waals surface area contributed by atoms with E-state index in [9.17, 15) is 14.4 Å². The van der Waals surface area contributed by atoms with Gasteiger partial charge in [-0.3, -0.25) is 14.4 Å². The van der Waals surface area contributed by atoms with E-state index < -0.39 is 5.97 Å². The van der Waals surface area contributed by atoms with Gasteiger partial charge in [-0.2, -0.15) is 0 Å². The van der Waals surface area contributed by atoms with Crippen molar-refractivity contribution in [3.63, 3.8) is 0 Å². The molecule has 1 aromatic heterocycles. The molecule has 8 heteroatoms. The number of nitrogens with zero attached hydrogens (tertiary/aromatic N) is 2. The van der Waals surface area contributed by atoms with E-state index in [1.54, 1.807) is 24.3 Å². The highest BCUT2D eigenvalue weighted by atomic mass is 16.4. The number of carboxylic acids is 1. The number of hydrogen-bond acceptors (Lipinski definition) is 5. The van der Waals surface area contributed by atoms with Crippen LogP contribution in [0.5, 0.6) is 0 Å². The van der Waals surface area contributed by atoms with Crippen LogP contribution in [0, 0.1) is 5.92 Å². The molecular weight excluding hydrogens is 336 g/mol. The number of carboxylic acid groups (broad SMARTS) is 1. The van der Waals surface area contributed by atoms with Crippen LogP contribution < -0.4 is 15.8 Å². The smallest absolute Gasteiger partial charge is 0.307 e.